The van der Waals surface area contributed by atoms with Crippen LogP contribution in [0.15, 0.2) is 42.9 Å². The van der Waals surface area contributed by atoms with E-state index in [1.807, 2.05) is 0 Å². The van der Waals surface area contributed by atoms with Crippen molar-refractivity contribution in [1.29, 1.82) is 0 Å². The number of anilines is 1. The molecule has 1 aliphatic rings. The van der Waals surface area contributed by atoms with Gasteiger partial charge in [-0.2, -0.15) is 0 Å². The van der Waals surface area contributed by atoms with Crippen molar-refractivity contribution in [1.82, 2.24) is 14.9 Å². The number of carbonyl (C=O) groups excluding carboxylic acids is 1. The zero-order valence-electron chi connectivity index (χ0n) is 12.7. The third-order valence-electron chi connectivity index (χ3n) is 3.85. The van der Waals surface area contributed by atoms with Gasteiger partial charge in [0, 0.05) is 37.6 Å². The van der Waals surface area contributed by atoms with Gasteiger partial charge in [-0.05, 0) is 24.3 Å². The zero-order valence-corrected chi connectivity index (χ0v) is 13.5. The minimum Gasteiger partial charge on any atom is -0.484 e. The van der Waals surface area contributed by atoms with E-state index in [1.165, 1.54) is 0 Å². The number of rotatable bonds is 5. The molecular formula is C16H17ClN4O2. The summed E-state index contributed by atoms with van der Waals surface area (Å²) in [4.78, 5) is 24.3. The van der Waals surface area contributed by atoms with Crippen molar-refractivity contribution in [2.75, 3.05) is 31.6 Å². The van der Waals surface area contributed by atoms with Crippen molar-refractivity contribution in [3.8, 4) is 5.75 Å². The van der Waals surface area contributed by atoms with Gasteiger partial charge in [-0.3, -0.25) is 9.78 Å². The van der Waals surface area contributed by atoms with Crippen LogP contribution < -0.4 is 9.64 Å². The molecule has 0 radical (unpaired) electrons. The monoisotopic (exact) mass is 332 g/mol. The SMILES string of the molecule is CN(C(=O)COc1ccc(Cl)cc1)C1CN(c2cnccn2)C1. The highest BCUT2D eigenvalue weighted by Gasteiger charge is 2.33. The van der Waals surface area contributed by atoms with Crippen LogP contribution >= 0.6 is 11.6 Å². The Balaban J connectivity index is 1.46. The van der Waals surface area contributed by atoms with Gasteiger partial charge in [-0.15, -0.1) is 0 Å². The highest BCUT2D eigenvalue weighted by atomic mass is 35.5. The third-order valence-corrected chi connectivity index (χ3v) is 4.10. The van der Waals surface area contributed by atoms with E-state index in [9.17, 15) is 4.79 Å². The average Bonchev–Trinajstić information content (AvgIpc) is 2.53. The van der Waals surface area contributed by atoms with Gasteiger partial charge in [0.15, 0.2) is 6.61 Å². The molecule has 23 heavy (non-hydrogen) atoms. The molecule has 0 unspecified atom stereocenters. The number of aromatic nitrogens is 2. The van der Waals surface area contributed by atoms with Gasteiger partial charge in [0.25, 0.3) is 5.91 Å². The molecule has 0 atom stereocenters. The Morgan fingerprint density at radius 1 is 1.35 bits per heavy atom. The van der Waals surface area contributed by atoms with E-state index in [0.29, 0.717) is 10.8 Å². The van der Waals surface area contributed by atoms with Crippen molar-refractivity contribution in [3.63, 3.8) is 0 Å². The Morgan fingerprint density at radius 2 is 2.09 bits per heavy atom. The molecule has 0 saturated carbocycles. The van der Waals surface area contributed by atoms with Gasteiger partial charge in [-0.1, -0.05) is 11.6 Å². The van der Waals surface area contributed by atoms with Crippen LogP contribution in [0.5, 0.6) is 5.75 Å². The summed E-state index contributed by atoms with van der Waals surface area (Å²) >= 11 is 5.81. The summed E-state index contributed by atoms with van der Waals surface area (Å²) < 4.78 is 5.49. The van der Waals surface area contributed by atoms with Crippen molar-refractivity contribution < 1.29 is 9.53 Å². The summed E-state index contributed by atoms with van der Waals surface area (Å²) in [5.74, 6) is 1.41. The fourth-order valence-corrected chi connectivity index (χ4v) is 2.45. The third kappa shape index (κ3) is 3.71. The fourth-order valence-electron chi connectivity index (χ4n) is 2.32. The number of carbonyl (C=O) groups is 1. The molecule has 0 spiro atoms. The molecule has 1 saturated heterocycles. The van der Waals surface area contributed by atoms with Crippen LogP contribution in [0.1, 0.15) is 0 Å². The lowest BCUT2D eigenvalue weighted by molar-refractivity contribution is -0.134. The number of benzene rings is 1. The Hall–Kier alpha value is -2.34. The smallest absolute Gasteiger partial charge is 0.260 e. The number of amides is 1. The predicted molar refractivity (Wildman–Crippen MR) is 87.8 cm³/mol. The van der Waals surface area contributed by atoms with Crippen molar-refractivity contribution >= 4 is 23.3 Å². The molecule has 0 N–H and O–H groups in total. The highest BCUT2D eigenvalue weighted by Crippen LogP contribution is 2.20. The maximum atomic E-state index is 12.2. The topological polar surface area (TPSA) is 58.6 Å². The molecule has 1 amide bonds. The van der Waals surface area contributed by atoms with E-state index >= 15 is 0 Å². The van der Waals surface area contributed by atoms with Crippen LogP contribution in [0.3, 0.4) is 0 Å². The van der Waals surface area contributed by atoms with Crippen molar-refractivity contribution in [3.05, 3.63) is 47.9 Å². The van der Waals surface area contributed by atoms with E-state index < -0.39 is 0 Å². The van der Waals surface area contributed by atoms with Crippen LogP contribution in [-0.2, 0) is 4.79 Å². The second kappa shape index (κ2) is 6.83. The first-order chi connectivity index (χ1) is 11.1. The van der Waals surface area contributed by atoms with E-state index in [4.69, 9.17) is 16.3 Å². The second-order valence-corrected chi connectivity index (χ2v) is 5.81. The molecule has 1 aliphatic heterocycles. The van der Waals surface area contributed by atoms with Crippen molar-refractivity contribution in [2.24, 2.45) is 0 Å². The lowest BCUT2D eigenvalue weighted by Gasteiger charge is -2.44. The summed E-state index contributed by atoms with van der Waals surface area (Å²) in [5, 5.41) is 0.638. The van der Waals surface area contributed by atoms with E-state index in [-0.39, 0.29) is 18.6 Å². The van der Waals surface area contributed by atoms with Crippen LogP contribution in [0.2, 0.25) is 5.02 Å². The Bertz CT molecular complexity index is 660. The van der Waals surface area contributed by atoms with Gasteiger partial charge in [0.2, 0.25) is 0 Å². The predicted octanol–water partition coefficient (Wildman–Crippen LogP) is 1.86. The summed E-state index contributed by atoms with van der Waals surface area (Å²) in [6.07, 6.45) is 5.03. The van der Waals surface area contributed by atoms with Crippen LogP contribution in [-0.4, -0.2) is 53.6 Å². The van der Waals surface area contributed by atoms with E-state index in [1.54, 1.807) is 54.8 Å². The number of nitrogens with zero attached hydrogens (tertiary/aromatic N) is 4. The Kier molecular flexibility index (Phi) is 4.62. The quantitative estimate of drug-likeness (QED) is 0.836. The summed E-state index contributed by atoms with van der Waals surface area (Å²) in [6, 6.07) is 7.12. The van der Waals surface area contributed by atoms with Gasteiger partial charge >= 0.3 is 0 Å². The minimum atomic E-state index is -0.0521. The van der Waals surface area contributed by atoms with E-state index in [0.717, 1.165) is 18.9 Å². The second-order valence-electron chi connectivity index (χ2n) is 5.37. The number of hydrogen-bond donors (Lipinski definition) is 0. The largest absolute Gasteiger partial charge is 0.484 e. The molecule has 6 nitrogen and oxygen atoms in total. The van der Waals surface area contributed by atoms with Crippen LogP contribution in [0.4, 0.5) is 5.82 Å². The average molecular weight is 333 g/mol. The van der Waals surface area contributed by atoms with Gasteiger partial charge < -0.3 is 14.5 Å². The summed E-state index contributed by atoms with van der Waals surface area (Å²) in [6.45, 7) is 1.52. The van der Waals surface area contributed by atoms with Gasteiger partial charge in [-0.25, -0.2) is 4.98 Å². The normalized spacial score (nSPS) is 14.3. The number of likely N-dealkylation sites (N-methyl/N-ethyl adjacent to an activating group) is 1. The van der Waals surface area contributed by atoms with E-state index in [2.05, 4.69) is 14.9 Å². The molecule has 3 rings (SSSR count). The first-order valence-corrected chi connectivity index (χ1v) is 7.66. The lowest BCUT2D eigenvalue weighted by Crippen LogP contribution is -2.60. The Morgan fingerprint density at radius 3 is 2.74 bits per heavy atom. The number of halogens is 1. The highest BCUT2D eigenvalue weighted by molar-refractivity contribution is 6.30. The zero-order chi connectivity index (χ0) is 16.2. The molecule has 0 bridgehead atoms. The fraction of sp³-hybridized carbons (Fsp3) is 0.312. The molecule has 2 aromatic rings. The molecule has 1 fully saturated rings. The maximum Gasteiger partial charge on any atom is 0.260 e. The summed E-state index contributed by atoms with van der Waals surface area (Å²) in [5.41, 5.74) is 0. The maximum absolute atomic E-state index is 12.2. The minimum absolute atomic E-state index is 0.0137. The molecule has 7 heteroatoms. The van der Waals surface area contributed by atoms with Crippen LogP contribution in [0.25, 0.3) is 0 Å². The standard InChI is InChI=1S/C16H17ClN4O2/c1-20(13-9-21(10-13)15-8-18-6-7-19-15)16(22)11-23-14-4-2-12(17)3-5-14/h2-8,13H,9-11H2,1H3. The lowest BCUT2D eigenvalue weighted by atomic mass is 10.1. The molecule has 2 heterocycles. The van der Waals surface area contributed by atoms with Gasteiger partial charge in [0.1, 0.15) is 11.6 Å². The molecule has 1 aromatic heterocycles. The first kappa shape index (κ1) is 15.6. The number of ether oxygens (including phenoxy) is 1. The first-order valence-electron chi connectivity index (χ1n) is 7.28. The molecular weight excluding hydrogens is 316 g/mol. The van der Waals surface area contributed by atoms with Gasteiger partial charge in [0.05, 0.1) is 12.2 Å². The molecule has 120 valence electrons. The summed E-state index contributed by atoms with van der Waals surface area (Å²) in [7, 11) is 1.80. The van der Waals surface area contributed by atoms with Crippen LogP contribution in [0, 0.1) is 0 Å². The van der Waals surface area contributed by atoms with Crippen molar-refractivity contribution in [2.45, 2.75) is 6.04 Å². The number of hydrogen-bond acceptors (Lipinski definition) is 5. The Labute approximate surface area is 139 Å². The molecule has 1 aromatic carbocycles. The molecule has 0 aliphatic carbocycles.